The smallest absolute Gasteiger partial charge is 0.181 e. The van der Waals surface area contributed by atoms with E-state index in [0.29, 0.717) is 0 Å². The Kier molecular flexibility index (Phi) is 28.6. The second-order valence-corrected chi connectivity index (χ2v) is 5.23. The van der Waals surface area contributed by atoms with Gasteiger partial charge < -0.3 is 4.42 Å². The SMILES string of the molecule is CCCC.CCCC.CCCC.[Sn].c1ccc(-c2cnco2)cc1. The summed E-state index contributed by atoms with van der Waals surface area (Å²) in [5, 5.41) is 0. The quantitative estimate of drug-likeness (QED) is 0.466. The Labute approximate surface area is 167 Å². The van der Waals surface area contributed by atoms with Crippen LogP contribution >= 0.6 is 0 Å². The number of oxazole rings is 1. The molecule has 1 aromatic heterocycles. The van der Waals surface area contributed by atoms with Crippen LogP contribution in [0, 0.1) is 0 Å². The number of unbranched alkanes of at least 4 members (excludes halogenated alkanes) is 3. The number of nitrogens with zero attached hydrogens (tertiary/aromatic N) is 1. The van der Waals surface area contributed by atoms with Crippen LogP contribution in [-0.4, -0.2) is 28.9 Å². The molecule has 2 rings (SSSR count). The van der Waals surface area contributed by atoms with Crippen LogP contribution in [0.3, 0.4) is 0 Å². The molecule has 0 N–H and O–H groups in total. The van der Waals surface area contributed by atoms with Gasteiger partial charge in [-0.1, -0.05) is 110 Å². The third kappa shape index (κ3) is 19.3. The van der Waals surface area contributed by atoms with Gasteiger partial charge in [0.05, 0.1) is 6.20 Å². The monoisotopic (exact) mass is 439 g/mol. The van der Waals surface area contributed by atoms with Gasteiger partial charge in [-0.2, -0.15) is 0 Å². The van der Waals surface area contributed by atoms with Crippen molar-refractivity contribution >= 4 is 23.9 Å². The molecule has 0 amide bonds. The van der Waals surface area contributed by atoms with E-state index in [9.17, 15) is 0 Å². The average Bonchev–Trinajstić information content (AvgIpc) is 3.18. The van der Waals surface area contributed by atoms with Gasteiger partial charge in [-0.3, -0.25) is 0 Å². The molecule has 2 aromatic rings. The first-order valence-corrected chi connectivity index (χ1v) is 9.15. The van der Waals surface area contributed by atoms with E-state index < -0.39 is 0 Å². The maximum absolute atomic E-state index is 5.11. The largest absolute Gasteiger partial charge is 0.444 e. The van der Waals surface area contributed by atoms with Crippen molar-refractivity contribution in [2.75, 3.05) is 0 Å². The van der Waals surface area contributed by atoms with Gasteiger partial charge >= 0.3 is 0 Å². The molecule has 0 aliphatic heterocycles. The molecular weight excluding hydrogens is 401 g/mol. The number of hydrogen-bond donors (Lipinski definition) is 0. The van der Waals surface area contributed by atoms with Gasteiger partial charge in [0.15, 0.2) is 12.2 Å². The van der Waals surface area contributed by atoms with Crippen LogP contribution < -0.4 is 0 Å². The molecule has 3 heteroatoms. The summed E-state index contributed by atoms with van der Waals surface area (Å²) in [6, 6.07) is 9.89. The molecule has 0 unspecified atom stereocenters. The Bertz CT molecular complexity index is 386. The molecule has 0 aliphatic rings. The van der Waals surface area contributed by atoms with E-state index >= 15 is 0 Å². The van der Waals surface area contributed by atoms with Crippen LogP contribution in [0.1, 0.15) is 80.1 Å². The van der Waals surface area contributed by atoms with Crippen LogP contribution in [0.5, 0.6) is 0 Å². The van der Waals surface area contributed by atoms with Gasteiger partial charge in [0.2, 0.25) is 0 Å². The molecule has 0 aliphatic carbocycles. The predicted molar refractivity (Wildman–Crippen MR) is 109 cm³/mol. The van der Waals surface area contributed by atoms with Gasteiger partial charge in [-0.25, -0.2) is 4.98 Å². The summed E-state index contributed by atoms with van der Waals surface area (Å²) < 4.78 is 5.11. The molecular formula is C21H37NOSn. The van der Waals surface area contributed by atoms with Crippen molar-refractivity contribution in [3.05, 3.63) is 42.9 Å². The van der Waals surface area contributed by atoms with E-state index in [0.717, 1.165) is 11.3 Å². The summed E-state index contributed by atoms with van der Waals surface area (Å²) in [6.45, 7) is 13.1. The Balaban J connectivity index is -0.000000288. The number of hydrogen-bond acceptors (Lipinski definition) is 2. The summed E-state index contributed by atoms with van der Waals surface area (Å²) in [6.07, 6.45) is 11.1. The van der Waals surface area contributed by atoms with Crippen LogP contribution in [0.2, 0.25) is 0 Å². The van der Waals surface area contributed by atoms with Crippen molar-refractivity contribution in [3.63, 3.8) is 0 Å². The van der Waals surface area contributed by atoms with E-state index in [2.05, 4.69) is 46.5 Å². The molecule has 4 radical (unpaired) electrons. The normalized spacial score (nSPS) is 8.25. The maximum atomic E-state index is 5.11. The minimum Gasteiger partial charge on any atom is -0.444 e. The van der Waals surface area contributed by atoms with E-state index in [1.807, 2.05) is 30.3 Å². The molecule has 24 heavy (non-hydrogen) atoms. The summed E-state index contributed by atoms with van der Waals surface area (Å²) in [7, 11) is 0. The van der Waals surface area contributed by atoms with Crippen molar-refractivity contribution in [1.29, 1.82) is 0 Å². The van der Waals surface area contributed by atoms with E-state index in [1.165, 1.54) is 44.9 Å². The molecule has 2 nitrogen and oxygen atoms in total. The summed E-state index contributed by atoms with van der Waals surface area (Å²) in [5.41, 5.74) is 1.06. The second kappa shape index (κ2) is 24.5. The van der Waals surface area contributed by atoms with Gasteiger partial charge in [0.25, 0.3) is 0 Å². The molecule has 1 heterocycles. The van der Waals surface area contributed by atoms with Crippen LogP contribution in [0.25, 0.3) is 11.3 Å². The standard InChI is InChI=1S/C9H7NO.3C4H10.Sn/c1-2-4-8(5-3-1)9-6-10-7-11-9;3*1-3-4-2;/h1-7H;3*3-4H2,1-2H3;. The van der Waals surface area contributed by atoms with Gasteiger partial charge in [0.1, 0.15) is 0 Å². The van der Waals surface area contributed by atoms with Crippen LogP contribution in [0.15, 0.2) is 47.3 Å². The molecule has 0 bridgehead atoms. The first-order chi connectivity index (χ1) is 11.2. The zero-order valence-corrected chi connectivity index (χ0v) is 19.5. The Morgan fingerprint density at radius 1 is 0.708 bits per heavy atom. The minimum absolute atomic E-state index is 0. The van der Waals surface area contributed by atoms with Crippen molar-refractivity contribution in [3.8, 4) is 11.3 Å². The van der Waals surface area contributed by atoms with Gasteiger partial charge in [0, 0.05) is 29.5 Å². The molecule has 0 saturated carbocycles. The molecule has 0 spiro atoms. The van der Waals surface area contributed by atoms with Crippen molar-refractivity contribution in [1.82, 2.24) is 4.98 Å². The fourth-order valence-corrected chi connectivity index (χ4v) is 0.961. The Morgan fingerprint density at radius 3 is 1.42 bits per heavy atom. The van der Waals surface area contributed by atoms with E-state index in [1.54, 1.807) is 6.20 Å². The Hall–Kier alpha value is -0.771. The fraction of sp³-hybridized carbons (Fsp3) is 0.571. The number of aromatic nitrogens is 1. The van der Waals surface area contributed by atoms with Gasteiger partial charge in [-0.05, 0) is 0 Å². The number of benzene rings is 1. The summed E-state index contributed by atoms with van der Waals surface area (Å²) in [4.78, 5) is 3.83. The summed E-state index contributed by atoms with van der Waals surface area (Å²) in [5.74, 6) is 0.811. The first-order valence-electron chi connectivity index (χ1n) is 9.15. The maximum Gasteiger partial charge on any atom is 0.181 e. The van der Waals surface area contributed by atoms with E-state index in [-0.39, 0.29) is 23.9 Å². The van der Waals surface area contributed by atoms with E-state index in [4.69, 9.17) is 4.42 Å². The third-order valence-electron chi connectivity index (χ3n) is 2.99. The zero-order valence-electron chi connectivity index (χ0n) is 16.6. The number of rotatable bonds is 4. The second-order valence-electron chi connectivity index (χ2n) is 5.23. The van der Waals surface area contributed by atoms with Crippen molar-refractivity contribution in [2.45, 2.75) is 80.1 Å². The molecule has 0 saturated heterocycles. The molecule has 136 valence electrons. The molecule has 0 atom stereocenters. The van der Waals surface area contributed by atoms with Crippen LogP contribution in [0.4, 0.5) is 0 Å². The average molecular weight is 438 g/mol. The Morgan fingerprint density at radius 2 is 1.12 bits per heavy atom. The predicted octanol–water partition coefficient (Wildman–Crippen LogP) is 7.38. The summed E-state index contributed by atoms with van der Waals surface area (Å²) >= 11 is 0. The minimum atomic E-state index is 0. The molecule has 0 fully saturated rings. The fourth-order valence-electron chi connectivity index (χ4n) is 0.961. The van der Waals surface area contributed by atoms with Crippen molar-refractivity contribution in [2.24, 2.45) is 0 Å². The van der Waals surface area contributed by atoms with Gasteiger partial charge in [-0.15, -0.1) is 0 Å². The van der Waals surface area contributed by atoms with Crippen LogP contribution in [-0.2, 0) is 0 Å². The molecule has 1 aromatic carbocycles. The zero-order chi connectivity index (χ0) is 17.8. The first kappa shape index (κ1) is 28.0. The topological polar surface area (TPSA) is 26.0 Å². The third-order valence-corrected chi connectivity index (χ3v) is 2.99. The van der Waals surface area contributed by atoms with Crippen molar-refractivity contribution < 1.29 is 4.42 Å².